The van der Waals surface area contributed by atoms with Crippen LogP contribution in [0.15, 0.2) is 30.5 Å². The monoisotopic (exact) mass is 315 g/mol. The lowest BCUT2D eigenvalue weighted by molar-refractivity contribution is -0.148. The van der Waals surface area contributed by atoms with Gasteiger partial charge < -0.3 is 20.7 Å². The zero-order valence-corrected chi connectivity index (χ0v) is 12.9. The van der Waals surface area contributed by atoms with Gasteiger partial charge in [0.1, 0.15) is 0 Å². The first-order valence-corrected chi connectivity index (χ1v) is 7.84. The van der Waals surface area contributed by atoms with E-state index in [1.807, 2.05) is 24.4 Å². The molecule has 1 aromatic carbocycles. The second-order valence-corrected chi connectivity index (χ2v) is 6.21. The van der Waals surface area contributed by atoms with Crippen LogP contribution in [0.3, 0.4) is 0 Å². The van der Waals surface area contributed by atoms with Crippen LogP contribution in [0.1, 0.15) is 24.8 Å². The maximum atomic E-state index is 12.4. The molecule has 1 fully saturated rings. The molecule has 1 aliphatic rings. The number of H-pyrrole nitrogens is 1. The standard InChI is InChI=1S/C17H21N3O3/c18-16(22)17(23)7-1-9-20(11-17)15(21)5-3-12-2-4-14-13(10-12)6-8-19-14/h2,4,6,8,10,19,23H,1,3,5,7,9,11H2,(H2,18,22). The van der Waals surface area contributed by atoms with Gasteiger partial charge in [-0.05, 0) is 48.4 Å². The number of β-amino-alcohol motifs (C(OH)–C–C–N with tert-alkyl or cyclic N) is 1. The number of hydrogen-bond donors (Lipinski definition) is 3. The Morgan fingerprint density at radius 2 is 2.17 bits per heavy atom. The Morgan fingerprint density at radius 1 is 1.35 bits per heavy atom. The van der Waals surface area contributed by atoms with E-state index < -0.39 is 11.5 Å². The van der Waals surface area contributed by atoms with Gasteiger partial charge in [0.2, 0.25) is 5.91 Å². The van der Waals surface area contributed by atoms with Crippen molar-refractivity contribution in [3.05, 3.63) is 36.0 Å². The smallest absolute Gasteiger partial charge is 0.251 e. The number of nitrogens with one attached hydrogen (secondary N) is 1. The summed E-state index contributed by atoms with van der Waals surface area (Å²) in [6, 6.07) is 8.07. The van der Waals surface area contributed by atoms with Crippen LogP contribution in [-0.4, -0.2) is 45.5 Å². The van der Waals surface area contributed by atoms with Gasteiger partial charge in [-0.1, -0.05) is 6.07 Å². The minimum absolute atomic E-state index is 0.00197. The van der Waals surface area contributed by atoms with E-state index in [4.69, 9.17) is 5.73 Å². The highest BCUT2D eigenvalue weighted by molar-refractivity contribution is 5.85. The lowest BCUT2D eigenvalue weighted by Crippen LogP contribution is -2.57. The zero-order valence-electron chi connectivity index (χ0n) is 12.9. The Hall–Kier alpha value is -2.34. The third-order valence-electron chi connectivity index (χ3n) is 4.53. The van der Waals surface area contributed by atoms with Gasteiger partial charge >= 0.3 is 0 Å². The molecule has 23 heavy (non-hydrogen) atoms. The van der Waals surface area contributed by atoms with E-state index in [1.165, 1.54) is 0 Å². The predicted octanol–water partition coefficient (Wildman–Crippen LogP) is 0.939. The highest BCUT2D eigenvalue weighted by Crippen LogP contribution is 2.22. The van der Waals surface area contributed by atoms with Crippen LogP contribution in [0.4, 0.5) is 0 Å². The maximum absolute atomic E-state index is 12.4. The summed E-state index contributed by atoms with van der Waals surface area (Å²) in [7, 11) is 0. The average molecular weight is 315 g/mol. The van der Waals surface area contributed by atoms with Gasteiger partial charge in [0.25, 0.3) is 5.91 Å². The Morgan fingerprint density at radius 3 is 2.96 bits per heavy atom. The van der Waals surface area contributed by atoms with Crippen LogP contribution >= 0.6 is 0 Å². The van der Waals surface area contributed by atoms with Crippen molar-refractivity contribution in [2.45, 2.75) is 31.3 Å². The fourth-order valence-electron chi connectivity index (χ4n) is 3.12. The number of primary amides is 1. The first-order chi connectivity index (χ1) is 11.0. The van der Waals surface area contributed by atoms with Crippen LogP contribution in [0.2, 0.25) is 0 Å². The van der Waals surface area contributed by atoms with Crippen LogP contribution in [-0.2, 0) is 16.0 Å². The number of piperidine rings is 1. The number of aliphatic hydroxyl groups is 1. The number of fused-ring (bicyclic) bond motifs is 1. The maximum Gasteiger partial charge on any atom is 0.251 e. The summed E-state index contributed by atoms with van der Waals surface area (Å²) in [6.45, 7) is 0.559. The van der Waals surface area contributed by atoms with E-state index in [-0.39, 0.29) is 12.5 Å². The lowest BCUT2D eigenvalue weighted by atomic mass is 9.92. The molecule has 0 spiro atoms. The van der Waals surface area contributed by atoms with Crippen molar-refractivity contribution in [1.82, 2.24) is 9.88 Å². The molecule has 1 aromatic heterocycles. The van der Waals surface area contributed by atoms with Gasteiger partial charge in [0.05, 0.1) is 6.54 Å². The van der Waals surface area contributed by atoms with E-state index in [9.17, 15) is 14.7 Å². The number of amides is 2. The molecule has 1 unspecified atom stereocenters. The SMILES string of the molecule is NC(=O)C1(O)CCCN(C(=O)CCc2ccc3[nH]ccc3c2)C1. The van der Waals surface area contributed by atoms with E-state index in [1.54, 1.807) is 4.90 Å². The topological polar surface area (TPSA) is 99.4 Å². The number of hydrogen-bond acceptors (Lipinski definition) is 3. The van der Waals surface area contributed by atoms with Crippen LogP contribution in [0, 0.1) is 0 Å². The van der Waals surface area contributed by atoms with Crippen molar-refractivity contribution in [2.75, 3.05) is 13.1 Å². The number of nitrogens with two attached hydrogens (primary N) is 1. The number of aromatic nitrogens is 1. The van der Waals surface area contributed by atoms with Gasteiger partial charge in [0.15, 0.2) is 5.60 Å². The molecule has 2 aromatic rings. The molecular weight excluding hydrogens is 294 g/mol. The fourth-order valence-corrected chi connectivity index (χ4v) is 3.12. The van der Waals surface area contributed by atoms with Crippen molar-refractivity contribution in [1.29, 1.82) is 0 Å². The molecule has 2 heterocycles. The number of benzene rings is 1. The molecule has 0 saturated carbocycles. The van der Waals surface area contributed by atoms with Gasteiger partial charge in [-0.2, -0.15) is 0 Å². The Balaban J connectivity index is 1.61. The molecule has 122 valence electrons. The van der Waals surface area contributed by atoms with E-state index in [0.717, 1.165) is 16.5 Å². The fraction of sp³-hybridized carbons (Fsp3) is 0.412. The third kappa shape index (κ3) is 3.22. The molecule has 4 N–H and O–H groups in total. The van der Waals surface area contributed by atoms with Crippen LogP contribution < -0.4 is 5.73 Å². The van der Waals surface area contributed by atoms with Crippen LogP contribution in [0.25, 0.3) is 10.9 Å². The quantitative estimate of drug-likeness (QED) is 0.783. The van der Waals surface area contributed by atoms with Crippen molar-refractivity contribution in [3.8, 4) is 0 Å². The highest BCUT2D eigenvalue weighted by atomic mass is 16.3. The van der Waals surface area contributed by atoms with Crippen molar-refractivity contribution in [3.63, 3.8) is 0 Å². The lowest BCUT2D eigenvalue weighted by Gasteiger charge is -2.37. The number of likely N-dealkylation sites (tertiary alicyclic amines) is 1. The normalized spacial score (nSPS) is 21.5. The number of aromatic amines is 1. The number of nitrogens with zero attached hydrogens (tertiary/aromatic N) is 1. The van der Waals surface area contributed by atoms with E-state index >= 15 is 0 Å². The Bertz CT molecular complexity index is 740. The molecule has 1 atom stereocenters. The number of carbonyl (C=O) groups excluding carboxylic acids is 2. The van der Waals surface area contributed by atoms with Crippen LogP contribution in [0.5, 0.6) is 0 Å². The largest absolute Gasteiger partial charge is 0.378 e. The highest BCUT2D eigenvalue weighted by Gasteiger charge is 2.39. The summed E-state index contributed by atoms with van der Waals surface area (Å²) >= 11 is 0. The molecule has 1 saturated heterocycles. The number of rotatable bonds is 4. The summed E-state index contributed by atoms with van der Waals surface area (Å²) < 4.78 is 0. The zero-order chi connectivity index (χ0) is 16.4. The molecule has 3 rings (SSSR count). The van der Waals surface area contributed by atoms with Gasteiger partial charge in [-0.3, -0.25) is 9.59 Å². The molecule has 0 radical (unpaired) electrons. The second kappa shape index (κ2) is 6.04. The summed E-state index contributed by atoms with van der Waals surface area (Å²) in [6.07, 6.45) is 3.77. The summed E-state index contributed by atoms with van der Waals surface area (Å²) in [4.78, 5) is 28.4. The second-order valence-electron chi connectivity index (χ2n) is 6.21. The van der Waals surface area contributed by atoms with Crippen molar-refractivity contribution >= 4 is 22.7 Å². The number of carbonyl (C=O) groups is 2. The molecule has 0 aliphatic carbocycles. The summed E-state index contributed by atoms with van der Waals surface area (Å²) in [5.74, 6) is -0.813. The van der Waals surface area contributed by atoms with Gasteiger partial charge in [-0.15, -0.1) is 0 Å². The Labute approximate surface area is 134 Å². The van der Waals surface area contributed by atoms with Gasteiger partial charge in [-0.25, -0.2) is 0 Å². The summed E-state index contributed by atoms with van der Waals surface area (Å²) in [5, 5.41) is 11.3. The number of aryl methyl sites for hydroxylation is 1. The first kappa shape index (κ1) is 15.6. The Kier molecular flexibility index (Phi) is 4.09. The minimum atomic E-state index is -1.59. The van der Waals surface area contributed by atoms with Gasteiger partial charge in [0, 0.05) is 24.7 Å². The van der Waals surface area contributed by atoms with E-state index in [2.05, 4.69) is 11.1 Å². The minimum Gasteiger partial charge on any atom is -0.378 e. The first-order valence-electron chi connectivity index (χ1n) is 7.84. The molecule has 2 amide bonds. The molecular formula is C17H21N3O3. The predicted molar refractivity (Wildman–Crippen MR) is 86.6 cm³/mol. The summed E-state index contributed by atoms with van der Waals surface area (Å²) in [5.41, 5.74) is 5.82. The van der Waals surface area contributed by atoms with E-state index in [0.29, 0.717) is 32.2 Å². The third-order valence-corrected chi connectivity index (χ3v) is 4.53. The average Bonchev–Trinajstić information content (AvgIpc) is 3.00. The molecule has 6 heteroatoms. The molecule has 0 bridgehead atoms. The van der Waals surface area contributed by atoms with Crippen molar-refractivity contribution < 1.29 is 14.7 Å². The molecule has 6 nitrogen and oxygen atoms in total. The van der Waals surface area contributed by atoms with Crippen molar-refractivity contribution in [2.24, 2.45) is 5.73 Å². The molecule has 1 aliphatic heterocycles.